The summed E-state index contributed by atoms with van der Waals surface area (Å²) in [6.07, 6.45) is 0. The molecule has 0 saturated carbocycles. The van der Waals surface area contributed by atoms with Crippen LogP contribution in [0.2, 0.25) is 5.02 Å². The molecule has 1 N–H and O–H groups in total. The predicted molar refractivity (Wildman–Crippen MR) is 156 cm³/mol. The van der Waals surface area contributed by atoms with Crippen LogP contribution in [0, 0.1) is 0 Å². The van der Waals surface area contributed by atoms with Crippen LogP contribution in [0.1, 0.15) is 11.1 Å². The molecule has 41 heavy (non-hydrogen) atoms. The number of methoxy groups -OCH3 is 3. The summed E-state index contributed by atoms with van der Waals surface area (Å²) in [5, 5.41) is 3.13. The molecule has 3 aromatic carbocycles. The van der Waals surface area contributed by atoms with Crippen molar-refractivity contribution in [3.05, 3.63) is 76.8 Å². The largest absolute Gasteiger partial charge is 0.495 e. The molecule has 0 atom stereocenters. The van der Waals surface area contributed by atoms with Gasteiger partial charge in [0.2, 0.25) is 5.91 Å². The first-order valence-corrected chi connectivity index (χ1v) is 14.8. The van der Waals surface area contributed by atoms with Crippen molar-refractivity contribution in [3.8, 4) is 17.2 Å². The van der Waals surface area contributed by atoms with Crippen molar-refractivity contribution in [2.45, 2.75) is 18.0 Å². The number of carbonyl (C=O) groups is 1. The highest BCUT2D eigenvalue weighted by atomic mass is 35.5. The highest BCUT2D eigenvalue weighted by Gasteiger charge is 2.30. The zero-order valence-corrected chi connectivity index (χ0v) is 24.8. The van der Waals surface area contributed by atoms with E-state index in [1.54, 1.807) is 12.1 Å². The van der Waals surface area contributed by atoms with Gasteiger partial charge in [0.25, 0.3) is 10.0 Å². The number of morpholine rings is 1. The lowest BCUT2D eigenvalue weighted by molar-refractivity contribution is -0.119. The number of benzene rings is 3. The molecule has 1 aliphatic rings. The number of nitrogens with zero attached hydrogens (tertiary/aromatic N) is 2. The fraction of sp³-hybridized carbons (Fsp3) is 0.345. The molecule has 4 rings (SSSR count). The Labute approximate surface area is 245 Å². The highest BCUT2D eigenvalue weighted by Crippen LogP contribution is 2.37. The lowest BCUT2D eigenvalue weighted by Crippen LogP contribution is -2.41. The van der Waals surface area contributed by atoms with E-state index in [1.807, 2.05) is 24.3 Å². The van der Waals surface area contributed by atoms with Crippen LogP contribution >= 0.6 is 11.6 Å². The summed E-state index contributed by atoms with van der Waals surface area (Å²) in [6, 6.07) is 16.7. The summed E-state index contributed by atoms with van der Waals surface area (Å²) in [5.74, 6) is 0.330. The Morgan fingerprint density at radius 1 is 0.927 bits per heavy atom. The van der Waals surface area contributed by atoms with Crippen molar-refractivity contribution < 1.29 is 32.2 Å². The van der Waals surface area contributed by atoms with Gasteiger partial charge in [0.05, 0.1) is 45.1 Å². The minimum atomic E-state index is -4.28. The Kier molecular flexibility index (Phi) is 10.3. The second-order valence-corrected chi connectivity index (χ2v) is 11.6. The molecule has 0 bridgehead atoms. The van der Waals surface area contributed by atoms with Crippen LogP contribution in [0.25, 0.3) is 0 Å². The van der Waals surface area contributed by atoms with Gasteiger partial charge in [0, 0.05) is 37.3 Å². The van der Waals surface area contributed by atoms with E-state index in [0.717, 1.165) is 48.3 Å². The molecule has 1 amide bonds. The maximum atomic E-state index is 14.0. The molecule has 1 fully saturated rings. The third-order valence-corrected chi connectivity index (χ3v) is 8.62. The molecule has 1 saturated heterocycles. The van der Waals surface area contributed by atoms with E-state index in [4.69, 9.17) is 30.5 Å². The fourth-order valence-electron chi connectivity index (χ4n) is 4.50. The zero-order chi connectivity index (χ0) is 29.4. The van der Waals surface area contributed by atoms with Crippen LogP contribution in [-0.4, -0.2) is 73.4 Å². The lowest BCUT2D eigenvalue weighted by Gasteiger charge is -2.27. The van der Waals surface area contributed by atoms with Crippen LogP contribution < -0.4 is 23.8 Å². The molecular formula is C29H34ClN3O7S. The summed E-state index contributed by atoms with van der Waals surface area (Å²) in [7, 11) is 0.00328. The monoisotopic (exact) mass is 603 g/mol. The molecule has 220 valence electrons. The zero-order valence-electron chi connectivity index (χ0n) is 23.3. The van der Waals surface area contributed by atoms with Gasteiger partial charge in [-0.25, -0.2) is 8.42 Å². The predicted octanol–water partition coefficient (Wildman–Crippen LogP) is 3.71. The summed E-state index contributed by atoms with van der Waals surface area (Å²) >= 11 is 6.24. The normalized spacial score (nSPS) is 13.9. The molecule has 0 aliphatic carbocycles. The maximum Gasteiger partial charge on any atom is 0.265 e. The molecular weight excluding hydrogens is 570 g/mol. The SMILES string of the molecule is COc1ccc(S(=O)(=O)N(CC(=O)NCc2cccc(CN3CCOCC3)c2)c2cc(Cl)ccc2OC)cc1OC. The van der Waals surface area contributed by atoms with Crippen LogP contribution in [0.3, 0.4) is 0 Å². The van der Waals surface area contributed by atoms with Crippen molar-refractivity contribution in [3.63, 3.8) is 0 Å². The van der Waals surface area contributed by atoms with E-state index in [9.17, 15) is 13.2 Å². The van der Waals surface area contributed by atoms with E-state index in [1.165, 1.54) is 45.6 Å². The molecule has 0 spiro atoms. The summed E-state index contributed by atoms with van der Waals surface area (Å²) in [4.78, 5) is 15.4. The van der Waals surface area contributed by atoms with Crippen LogP contribution in [-0.2, 0) is 32.6 Å². The third kappa shape index (κ3) is 7.62. The molecule has 3 aromatic rings. The van der Waals surface area contributed by atoms with Gasteiger partial charge in [-0.15, -0.1) is 0 Å². The number of halogens is 1. The van der Waals surface area contributed by atoms with Gasteiger partial charge in [-0.05, 0) is 41.5 Å². The Bertz CT molecular complexity index is 1460. The number of hydrogen-bond donors (Lipinski definition) is 1. The van der Waals surface area contributed by atoms with Crippen LogP contribution in [0.4, 0.5) is 5.69 Å². The topological polar surface area (TPSA) is 107 Å². The minimum Gasteiger partial charge on any atom is -0.495 e. The van der Waals surface area contributed by atoms with Gasteiger partial charge >= 0.3 is 0 Å². The van der Waals surface area contributed by atoms with E-state index in [0.29, 0.717) is 5.75 Å². The number of sulfonamides is 1. The minimum absolute atomic E-state index is 0.0965. The Morgan fingerprint density at radius 3 is 2.32 bits per heavy atom. The van der Waals surface area contributed by atoms with Gasteiger partial charge in [-0.3, -0.25) is 14.0 Å². The molecule has 1 aliphatic heterocycles. The smallest absolute Gasteiger partial charge is 0.265 e. The molecule has 12 heteroatoms. The third-order valence-electron chi connectivity index (χ3n) is 6.63. The number of nitrogens with one attached hydrogen (secondary N) is 1. The maximum absolute atomic E-state index is 14.0. The first kappa shape index (κ1) is 30.4. The number of hydrogen-bond acceptors (Lipinski definition) is 8. The molecule has 0 radical (unpaired) electrons. The van der Waals surface area contributed by atoms with E-state index >= 15 is 0 Å². The number of ether oxygens (including phenoxy) is 4. The van der Waals surface area contributed by atoms with Crippen LogP contribution in [0.15, 0.2) is 65.6 Å². The molecule has 0 unspecified atom stereocenters. The number of anilines is 1. The Hall–Kier alpha value is -3.51. The van der Waals surface area contributed by atoms with Gasteiger partial charge in [0.1, 0.15) is 12.3 Å². The summed E-state index contributed by atoms with van der Waals surface area (Å²) in [6.45, 7) is 3.69. The Morgan fingerprint density at radius 2 is 1.61 bits per heavy atom. The van der Waals surface area contributed by atoms with E-state index in [-0.39, 0.29) is 33.6 Å². The van der Waals surface area contributed by atoms with Crippen molar-refractivity contribution in [1.82, 2.24) is 10.2 Å². The average Bonchev–Trinajstić information content (AvgIpc) is 2.99. The van der Waals surface area contributed by atoms with Crippen molar-refractivity contribution in [2.24, 2.45) is 0 Å². The molecule has 10 nitrogen and oxygen atoms in total. The lowest BCUT2D eigenvalue weighted by atomic mass is 10.1. The first-order valence-electron chi connectivity index (χ1n) is 13.0. The second-order valence-electron chi connectivity index (χ2n) is 9.33. The summed E-state index contributed by atoms with van der Waals surface area (Å²) < 4.78 is 50.3. The van der Waals surface area contributed by atoms with Gasteiger partial charge in [-0.1, -0.05) is 35.9 Å². The molecule has 0 aromatic heterocycles. The standard InChI is InChI=1S/C29H34ClN3O7S/c1-37-26-9-7-23(30)16-25(26)33(41(35,36)24-8-10-27(38-2)28(17-24)39-3)20-29(34)31-18-21-5-4-6-22(15-21)19-32-11-13-40-14-12-32/h4-10,15-17H,11-14,18-20H2,1-3H3,(H,31,34). The highest BCUT2D eigenvalue weighted by molar-refractivity contribution is 7.92. The van der Waals surface area contributed by atoms with Gasteiger partial charge in [0.15, 0.2) is 11.5 Å². The van der Waals surface area contributed by atoms with Gasteiger partial charge < -0.3 is 24.3 Å². The number of amides is 1. The number of carbonyl (C=O) groups excluding carboxylic acids is 1. The van der Waals surface area contributed by atoms with E-state index < -0.39 is 22.5 Å². The number of rotatable bonds is 12. The first-order chi connectivity index (χ1) is 19.7. The molecule has 1 heterocycles. The van der Waals surface area contributed by atoms with Gasteiger partial charge in [-0.2, -0.15) is 0 Å². The Balaban J connectivity index is 1.57. The second kappa shape index (κ2) is 13.9. The van der Waals surface area contributed by atoms with Crippen LogP contribution in [0.5, 0.6) is 17.2 Å². The quantitative estimate of drug-likeness (QED) is 0.334. The fourth-order valence-corrected chi connectivity index (χ4v) is 6.11. The van der Waals surface area contributed by atoms with Crippen molar-refractivity contribution >= 4 is 33.2 Å². The van der Waals surface area contributed by atoms with Crippen molar-refractivity contribution in [2.75, 3.05) is 58.5 Å². The average molecular weight is 604 g/mol. The van der Waals surface area contributed by atoms with E-state index in [2.05, 4.69) is 10.2 Å². The van der Waals surface area contributed by atoms with Crippen molar-refractivity contribution in [1.29, 1.82) is 0 Å². The summed E-state index contributed by atoms with van der Waals surface area (Å²) in [5.41, 5.74) is 2.15.